The highest BCUT2D eigenvalue weighted by Crippen LogP contribution is 2.32. The highest BCUT2D eigenvalue weighted by atomic mass is 16.7. The van der Waals surface area contributed by atoms with Crippen LogP contribution in [0, 0.1) is 5.92 Å². The van der Waals surface area contributed by atoms with Crippen LogP contribution in [0.5, 0.6) is 0 Å². The van der Waals surface area contributed by atoms with Gasteiger partial charge in [-0.3, -0.25) is 0 Å². The van der Waals surface area contributed by atoms with Crippen molar-refractivity contribution in [2.45, 2.75) is 63.5 Å². The lowest BCUT2D eigenvalue weighted by Crippen LogP contribution is -2.59. The quantitative estimate of drug-likeness (QED) is 0.550. The molecule has 0 bridgehead atoms. The Hall–Kier alpha value is -0.760. The lowest BCUT2D eigenvalue weighted by atomic mass is 9.84. The molecule has 0 saturated carbocycles. The second kappa shape index (κ2) is 7.21. The van der Waals surface area contributed by atoms with Crippen LogP contribution in [0.25, 0.3) is 0 Å². The summed E-state index contributed by atoms with van der Waals surface area (Å²) < 4.78 is 11.2. The fraction of sp³-hybridized carbons (Fsp3) is 0.750. The number of hydrogen-bond donors (Lipinski definition) is 4. The standard InChI is InChI=1S/C16H26O6/c1-8(2)10-5-4-9(3)11(6-10)21-16-15(20)14(19)13(18)12(7-17)22-16/h4,10-20H,1,5-7H2,2-3H3/t10-,11-,12+,13+,14-,15+,16+/m0/s1. The molecule has 7 atom stereocenters. The van der Waals surface area contributed by atoms with Crippen molar-refractivity contribution in [2.75, 3.05) is 6.61 Å². The monoisotopic (exact) mass is 314 g/mol. The Balaban J connectivity index is 2.06. The van der Waals surface area contributed by atoms with Crippen molar-refractivity contribution in [1.82, 2.24) is 0 Å². The van der Waals surface area contributed by atoms with E-state index in [1.165, 1.54) is 0 Å². The summed E-state index contributed by atoms with van der Waals surface area (Å²) >= 11 is 0. The van der Waals surface area contributed by atoms with Gasteiger partial charge in [0.05, 0.1) is 12.7 Å². The second-order valence-electron chi connectivity index (χ2n) is 6.28. The smallest absolute Gasteiger partial charge is 0.187 e. The molecule has 0 aromatic carbocycles. The van der Waals surface area contributed by atoms with Crippen LogP contribution in [0.3, 0.4) is 0 Å². The number of hydrogen-bond acceptors (Lipinski definition) is 6. The summed E-state index contributed by atoms with van der Waals surface area (Å²) in [6, 6.07) is 0. The maximum absolute atomic E-state index is 10.0. The molecule has 0 amide bonds. The first-order valence-electron chi connectivity index (χ1n) is 7.63. The van der Waals surface area contributed by atoms with E-state index in [4.69, 9.17) is 9.47 Å². The molecule has 0 unspecified atom stereocenters. The molecule has 6 nitrogen and oxygen atoms in total. The van der Waals surface area contributed by atoms with E-state index in [2.05, 4.69) is 12.7 Å². The predicted octanol–water partition coefficient (Wildman–Crippen LogP) is 0.104. The van der Waals surface area contributed by atoms with Gasteiger partial charge in [0.1, 0.15) is 24.4 Å². The number of allylic oxidation sites excluding steroid dienone is 2. The normalized spacial score (nSPS) is 42.8. The van der Waals surface area contributed by atoms with Crippen LogP contribution in [-0.4, -0.2) is 63.8 Å². The number of rotatable bonds is 4. The lowest BCUT2D eigenvalue weighted by molar-refractivity contribution is -0.309. The molecule has 0 radical (unpaired) electrons. The molecule has 6 heteroatoms. The Kier molecular flexibility index (Phi) is 5.76. The highest BCUT2D eigenvalue weighted by Gasteiger charge is 2.45. The molecule has 2 rings (SSSR count). The predicted molar refractivity (Wildman–Crippen MR) is 79.9 cm³/mol. The zero-order chi connectivity index (χ0) is 16.4. The first kappa shape index (κ1) is 17.6. The first-order valence-corrected chi connectivity index (χ1v) is 7.63. The number of ether oxygens (including phenoxy) is 2. The van der Waals surface area contributed by atoms with Crippen LogP contribution in [0.15, 0.2) is 23.8 Å². The number of aliphatic hydroxyl groups is 4. The van der Waals surface area contributed by atoms with Crippen molar-refractivity contribution < 1.29 is 29.9 Å². The summed E-state index contributed by atoms with van der Waals surface area (Å²) in [5.41, 5.74) is 2.11. The summed E-state index contributed by atoms with van der Waals surface area (Å²) in [7, 11) is 0. The molecule has 126 valence electrons. The fourth-order valence-electron chi connectivity index (χ4n) is 2.91. The van der Waals surface area contributed by atoms with Gasteiger partial charge in [0.2, 0.25) is 0 Å². The van der Waals surface area contributed by atoms with Crippen LogP contribution < -0.4 is 0 Å². The maximum atomic E-state index is 10.0. The summed E-state index contributed by atoms with van der Waals surface area (Å²) in [6.45, 7) is 7.44. The molecule has 1 fully saturated rings. The van der Waals surface area contributed by atoms with Gasteiger partial charge in [-0.2, -0.15) is 0 Å². The average Bonchev–Trinajstić information content (AvgIpc) is 2.49. The van der Waals surface area contributed by atoms with E-state index in [1.54, 1.807) is 0 Å². The van der Waals surface area contributed by atoms with E-state index in [9.17, 15) is 20.4 Å². The molecule has 1 saturated heterocycles. The van der Waals surface area contributed by atoms with E-state index in [1.807, 2.05) is 13.8 Å². The molecular formula is C16H26O6. The Morgan fingerprint density at radius 2 is 2.00 bits per heavy atom. The van der Waals surface area contributed by atoms with E-state index in [0.717, 1.165) is 24.0 Å². The topological polar surface area (TPSA) is 99.4 Å². The molecule has 0 spiro atoms. The maximum Gasteiger partial charge on any atom is 0.187 e. The van der Waals surface area contributed by atoms with Gasteiger partial charge in [-0.1, -0.05) is 18.2 Å². The van der Waals surface area contributed by atoms with E-state index < -0.39 is 37.3 Å². The second-order valence-corrected chi connectivity index (χ2v) is 6.28. The van der Waals surface area contributed by atoms with Gasteiger partial charge in [-0.15, -0.1) is 0 Å². The summed E-state index contributed by atoms with van der Waals surface area (Å²) in [6.07, 6.45) is -2.72. The van der Waals surface area contributed by atoms with Gasteiger partial charge in [-0.05, 0) is 38.2 Å². The summed E-state index contributed by atoms with van der Waals surface area (Å²) in [4.78, 5) is 0. The van der Waals surface area contributed by atoms with Crippen molar-refractivity contribution in [1.29, 1.82) is 0 Å². The third kappa shape index (κ3) is 3.59. The van der Waals surface area contributed by atoms with Crippen molar-refractivity contribution in [2.24, 2.45) is 5.92 Å². The zero-order valence-electron chi connectivity index (χ0n) is 13.1. The van der Waals surface area contributed by atoms with Gasteiger partial charge in [0, 0.05) is 0 Å². The minimum absolute atomic E-state index is 0.253. The van der Waals surface area contributed by atoms with Crippen LogP contribution in [0.2, 0.25) is 0 Å². The van der Waals surface area contributed by atoms with Crippen molar-refractivity contribution >= 4 is 0 Å². The molecule has 4 N–H and O–H groups in total. The van der Waals surface area contributed by atoms with Crippen molar-refractivity contribution in [3.8, 4) is 0 Å². The Morgan fingerprint density at radius 3 is 2.59 bits per heavy atom. The van der Waals surface area contributed by atoms with Crippen LogP contribution >= 0.6 is 0 Å². The van der Waals surface area contributed by atoms with Gasteiger partial charge in [-0.25, -0.2) is 0 Å². The van der Waals surface area contributed by atoms with E-state index >= 15 is 0 Å². The van der Waals surface area contributed by atoms with Gasteiger partial charge in [0.25, 0.3) is 0 Å². The minimum Gasteiger partial charge on any atom is -0.394 e. The molecular weight excluding hydrogens is 288 g/mol. The molecule has 1 aliphatic carbocycles. The Morgan fingerprint density at radius 1 is 1.32 bits per heavy atom. The molecule has 1 aliphatic heterocycles. The fourth-order valence-corrected chi connectivity index (χ4v) is 2.91. The third-order valence-electron chi connectivity index (χ3n) is 4.57. The Bertz CT molecular complexity index is 432. The average molecular weight is 314 g/mol. The van der Waals surface area contributed by atoms with E-state index in [0.29, 0.717) is 5.92 Å². The summed E-state index contributed by atoms with van der Waals surface area (Å²) in [5.74, 6) is 0.304. The first-order chi connectivity index (χ1) is 10.3. The van der Waals surface area contributed by atoms with Crippen LogP contribution in [-0.2, 0) is 9.47 Å². The van der Waals surface area contributed by atoms with E-state index in [-0.39, 0.29) is 6.10 Å². The SMILES string of the molecule is C=C(C)[C@H]1CC=C(C)[C@@H](O[C@@H]2O[C@H](CO)[C@@H](O)[C@H](O)[C@H]2O)C1. The largest absolute Gasteiger partial charge is 0.394 e. The van der Waals surface area contributed by atoms with Gasteiger partial charge < -0.3 is 29.9 Å². The zero-order valence-corrected chi connectivity index (χ0v) is 13.1. The highest BCUT2D eigenvalue weighted by molar-refractivity contribution is 5.15. The molecule has 22 heavy (non-hydrogen) atoms. The minimum atomic E-state index is -1.42. The molecule has 0 aromatic heterocycles. The molecule has 0 aromatic rings. The summed E-state index contributed by atoms with van der Waals surface area (Å²) in [5, 5.41) is 38.8. The molecule has 1 heterocycles. The van der Waals surface area contributed by atoms with Crippen LogP contribution in [0.1, 0.15) is 26.7 Å². The lowest BCUT2D eigenvalue weighted by Gasteiger charge is -2.42. The van der Waals surface area contributed by atoms with Crippen molar-refractivity contribution in [3.63, 3.8) is 0 Å². The number of aliphatic hydroxyl groups excluding tert-OH is 4. The molecule has 2 aliphatic rings. The van der Waals surface area contributed by atoms with Gasteiger partial charge in [0.15, 0.2) is 6.29 Å². The Labute approximate surface area is 130 Å². The van der Waals surface area contributed by atoms with Gasteiger partial charge >= 0.3 is 0 Å². The van der Waals surface area contributed by atoms with Crippen LogP contribution in [0.4, 0.5) is 0 Å². The van der Waals surface area contributed by atoms with Crippen molar-refractivity contribution in [3.05, 3.63) is 23.8 Å². The third-order valence-corrected chi connectivity index (χ3v) is 4.57.